The molecule has 1 heterocycles. The van der Waals surface area contributed by atoms with Crippen LogP contribution in [0.3, 0.4) is 0 Å². The van der Waals surface area contributed by atoms with E-state index in [2.05, 4.69) is 60.2 Å². The van der Waals surface area contributed by atoms with Gasteiger partial charge in [-0.05, 0) is 36.3 Å². The van der Waals surface area contributed by atoms with Gasteiger partial charge in [-0.1, -0.05) is 39.0 Å². The summed E-state index contributed by atoms with van der Waals surface area (Å²) >= 11 is 5.57. The SMILES string of the molecule is CCN1CCN(C(=S)Nc2ccccc2C(C)C)CC1. The van der Waals surface area contributed by atoms with Crippen molar-refractivity contribution in [2.75, 3.05) is 38.0 Å². The first-order valence-electron chi connectivity index (χ1n) is 7.49. The lowest BCUT2D eigenvalue weighted by Crippen LogP contribution is -2.49. The van der Waals surface area contributed by atoms with Crippen LogP contribution in [0.5, 0.6) is 0 Å². The Kier molecular flexibility index (Phi) is 5.38. The lowest BCUT2D eigenvalue weighted by atomic mass is 10.0. The van der Waals surface area contributed by atoms with Gasteiger partial charge < -0.3 is 15.1 Å². The minimum Gasteiger partial charge on any atom is -0.346 e. The maximum atomic E-state index is 5.57. The van der Waals surface area contributed by atoms with Gasteiger partial charge in [-0.2, -0.15) is 0 Å². The molecule has 1 aliphatic heterocycles. The summed E-state index contributed by atoms with van der Waals surface area (Å²) in [6.07, 6.45) is 0. The maximum Gasteiger partial charge on any atom is 0.173 e. The number of nitrogens with zero attached hydrogens (tertiary/aromatic N) is 2. The fraction of sp³-hybridized carbons (Fsp3) is 0.562. The molecule has 110 valence electrons. The van der Waals surface area contributed by atoms with Crippen LogP contribution in [0.15, 0.2) is 24.3 Å². The summed E-state index contributed by atoms with van der Waals surface area (Å²) in [7, 11) is 0. The summed E-state index contributed by atoms with van der Waals surface area (Å²) in [5.41, 5.74) is 2.47. The van der Waals surface area contributed by atoms with Crippen LogP contribution in [0.2, 0.25) is 0 Å². The van der Waals surface area contributed by atoms with Gasteiger partial charge in [0.25, 0.3) is 0 Å². The molecule has 0 radical (unpaired) electrons. The minimum absolute atomic E-state index is 0.499. The molecule has 1 saturated heterocycles. The van der Waals surface area contributed by atoms with Crippen molar-refractivity contribution in [3.63, 3.8) is 0 Å². The number of rotatable bonds is 3. The van der Waals surface area contributed by atoms with Crippen molar-refractivity contribution >= 4 is 23.0 Å². The van der Waals surface area contributed by atoms with E-state index in [0.29, 0.717) is 5.92 Å². The highest BCUT2D eigenvalue weighted by molar-refractivity contribution is 7.80. The van der Waals surface area contributed by atoms with E-state index in [1.54, 1.807) is 0 Å². The van der Waals surface area contributed by atoms with Crippen molar-refractivity contribution in [2.45, 2.75) is 26.7 Å². The zero-order chi connectivity index (χ0) is 14.5. The molecule has 4 heteroatoms. The lowest BCUT2D eigenvalue weighted by Gasteiger charge is -2.35. The van der Waals surface area contributed by atoms with Crippen molar-refractivity contribution in [1.82, 2.24) is 9.80 Å². The molecule has 1 aromatic rings. The van der Waals surface area contributed by atoms with Crippen LogP contribution in [-0.4, -0.2) is 47.6 Å². The van der Waals surface area contributed by atoms with Crippen molar-refractivity contribution in [1.29, 1.82) is 0 Å². The van der Waals surface area contributed by atoms with Gasteiger partial charge in [-0.25, -0.2) is 0 Å². The van der Waals surface area contributed by atoms with Crippen molar-refractivity contribution in [2.24, 2.45) is 0 Å². The van der Waals surface area contributed by atoms with Gasteiger partial charge in [0.15, 0.2) is 5.11 Å². The van der Waals surface area contributed by atoms with Gasteiger partial charge in [-0.15, -0.1) is 0 Å². The van der Waals surface area contributed by atoms with Gasteiger partial charge in [-0.3, -0.25) is 0 Å². The second-order valence-corrected chi connectivity index (χ2v) is 5.98. The molecule has 1 N–H and O–H groups in total. The molecule has 3 nitrogen and oxygen atoms in total. The average molecular weight is 291 g/mol. The molecule has 0 amide bonds. The standard InChI is InChI=1S/C16H25N3S/c1-4-18-9-11-19(12-10-18)16(20)17-15-8-6-5-7-14(15)13(2)3/h5-8,13H,4,9-12H2,1-3H3,(H,17,20). The largest absolute Gasteiger partial charge is 0.346 e. The Morgan fingerprint density at radius 1 is 1.20 bits per heavy atom. The predicted octanol–water partition coefficient (Wildman–Crippen LogP) is 3.14. The van der Waals surface area contributed by atoms with Gasteiger partial charge in [0, 0.05) is 31.9 Å². The van der Waals surface area contributed by atoms with E-state index in [9.17, 15) is 0 Å². The quantitative estimate of drug-likeness (QED) is 0.862. The zero-order valence-electron chi connectivity index (χ0n) is 12.7. The van der Waals surface area contributed by atoms with Crippen LogP contribution in [0.1, 0.15) is 32.3 Å². The molecule has 1 aromatic carbocycles. The van der Waals surface area contributed by atoms with Crippen molar-refractivity contribution in [3.05, 3.63) is 29.8 Å². The van der Waals surface area contributed by atoms with Crippen LogP contribution in [-0.2, 0) is 0 Å². The predicted molar refractivity (Wildman–Crippen MR) is 90.4 cm³/mol. The van der Waals surface area contributed by atoms with Gasteiger partial charge in [0.05, 0.1) is 0 Å². The lowest BCUT2D eigenvalue weighted by molar-refractivity contribution is 0.191. The van der Waals surface area contributed by atoms with Crippen LogP contribution in [0.25, 0.3) is 0 Å². The number of para-hydroxylation sites is 1. The van der Waals surface area contributed by atoms with Crippen molar-refractivity contribution < 1.29 is 0 Å². The van der Waals surface area contributed by atoms with E-state index in [0.717, 1.165) is 43.5 Å². The molecule has 0 saturated carbocycles. The molecular formula is C16H25N3S. The molecule has 0 unspecified atom stereocenters. The van der Waals surface area contributed by atoms with E-state index < -0.39 is 0 Å². The number of hydrogen-bond acceptors (Lipinski definition) is 2. The Labute approximate surface area is 128 Å². The number of piperazine rings is 1. The second kappa shape index (κ2) is 7.04. The zero-order valence-corrected chi connectivity index (χ0v) is 13.5. The van der Waals surface area contributed by atoms with Gasteiger partial charge in [0.2, 0.25) is 0 Å². The van der Waals surface area contributed by atoms with Crippen molar-refractivity contribution in [3.8, 4) is 0 Å². The fourth-order valence-corrected chi connectivity index (χ4v) is 2.87. The second-order valence-electron chi connectivity index (χ2n) is 5.59. The monoisotopic (exact) mass is 291 g/mol. The highest BCUT2D eigenvalue weighted by Crippen LogP contribution is 2.24. The Balaban J connectivity index is 1.98. The fourth-order valence-electron chi connectivity index (χ4n) is 2.58. The first kappa shape index (κ1) is 15.3. The van der Waals surface area contributed by atoms with Crippen LogP contribution in [0.4, 0.5) is 5.69 Å². The first-order chi connectivity index (χ1) is 9.61. The smallest absolute Gasteiger partial charge is 0.173 e. The maximum absolute atomic E-state index is 5.57. The Hall–Kier alpha value is -1.13. The summed E-state index contributed by atoms with van der Waals surface area (Å²) in [4.78, 5) is 4.74. The Morgan fingerprint density at radius 2 is 1.85 bits per heavy atom. The van der Waals surface area contributed by atoms with Crippen LogP contribution in [0, 0.1) is 0 Å². The minimum atomic E-state index is 0.499. The van der Waals surface area contributed by atoms with Crippen LogP contribution < -0.4 is 5.32 Å². The van der Waals surface area contributed by atoms with Crippen LogP contribution >= 0.6 is 12.2 Å². The molecular weight excluding hydrogens is 266 g/mol. The van der Waals surface area contributed by atoms with E-state index in [4.69, 9.17) is 12.2 Å². The summed E-state index contributed by atoms with van der Waals surface area (Å²) in [5, 5.41) is 4.29. The van der Waals surface area contributed by atoms with E-state index >= 15 is 0 Å². The molecule has 0 aliphatic carbocycles. The third-order valence-corrected chi connectivity index (χ3v) is 4.29. The molecule has 0 aromatic heterocycles. The van der Waals surface area contributed by atoms with Gasteiger partial charge in [0.1, 0.15) is 0 Å². The molecule has 20 heavy (non-hydrogen) atoms. The number of likely N-dealkylation sites (N-methyl/N-ethyl adjacent to an activating group) is 1. The average Bonchev–Trinajstić information content (AvgIpc) is 2.47. The number of anilines is 1. The van der Waals surface area contributed by atoms with Gasteiger partial charge >= 0.3 is 0 Å². The normalized spacial score (nSPS) is 16.5. The van der Waals surface area contributed by atoms with E-state index in [1.807, 2.05) is 0 Å². The third kappa shape index (κ3) is 3.70. The molecule has 0 atom stereocenters. The molecule has 0 spiro atoms. The number of hydrogen-bond donors (Lipinski definition) is 1. The number of benzene rings is 1. The highest BCUT2D eigenvalue weighted by Gasteiger charge is 2.18. The summed E-state index contributed by atoms with van der Waals surface area (Å²) in [5.74, 6) is 0.499. The third-order valence-electron chi connectivity index (χ3n) is 3.93. The summed E-state index contributed by atoms with van der Waals surface area (Å²) in [6, 6.07) is 8.43. The highest BCUT2D eigenvalue weighted by atomic mass is 32.1. The Morgan fingerprint density at radius 3 is 2.45 bits per heavy atom. The number of thiocarbonyl (C=S) groups is 1. The van der Waals surface area contributed by atoms with E-state index in [-0.39, 0.29) is 0 Å². The number of nitrogens with one attached hydrogen (secondary N) is 1. The molecule has 1 fully saturated rings. The molecule has 1 aliphatic rings. The first-order valence-corrected chi connectivity index (χ1v) is 7.89. The van der Waals surface area contributed by atoms with E-state index in [1.165, 1.54) is 5.56 Å². The molecule has 2 rings (SSSR count). The topological polar surface area (TPSA) is 18.5 Å². The summed E-state index contributed by atoms with van der Waals surface area (Å²) in [6.45, 7) is 12.0. The summed E-state index contributed by atoms with van der Waals surface area (Å²) < 4.78 is 0. The molecule has 0 bridgehead atoms. The Bertz CT molecular complexity index is 451.